The van der Waals surface area contributed by atoms with Crippen LogP contribution in [0.25, 0.3) is 0 Å². The Morgan fingerprint density at radius 2 is 2.00 bits per heavy atom. The van der Waals surface area contributed by atoms with E-state index in [0.29, 0.717) is 34.4 Å². The molecule has 0 aliphatic heterocycles. The number of hydrogen-bond acceptors (Lipinski definition) is 5. The van der Waals surface area contributed by atoms with E-state index in [9.17, 15) is 4.79 Å². The fraction of sp³-hybridized carbons (Fsp3) is 0.160. The first-order valence-corrected chi connectivity index (χ1v) is 10.5. The molecule has 32 heavy (non-hydrogen) atoms. The molecule has 0 radical (unpaired) electrons. The monoisotopic (exact) mass is 448 g/mol. The molecule has 0 bridgehead atoms. The highest BCUT2D eigenvalue weighted by Gasteiger charge is 2.13. The lowest BCUT2D eigenvalue weighted by molar-refractivity contribution is 0.0950. The van der Waals surface area contributed by atoms with Gasteiger partial charge in [-0.15, -0.1) is 0 Å². The molecule has 1 heterocycles. The van der Waals surface area contributed by atoms with E-state index in [1.165, 1.54) is 0 Å². The van der Waals surface area contributed by atoms with Gasteiger partial charge < -0.3 is 15.4 Å². The number of carbonyl (C=O) groups excluding carboxylic acids is 1. The average Bonchev–Trinajstić information content (AvgIpc) is 2.78. The van der Waals surface area contributed by atoms with E-state index in [1.807, 2.05) is 44.2 Å². The Morgan fingerprint density at radius 1 is 1.19 bits per heavy atom. The van der Waals surface area contributed by atoms with Crippen LogP contribution in [0.15, 0.2) is 77.6 Å². The van der Waals surface area contributed by atoms with Gasteiger partial charge in [0.25, 0.3) is 5.91 Å². The third-order valence-electron chi connectivity index (χ3n) is 4.63. The van der Waals surface area contributed by atoms with Crippen LogP contribution >= 0.6 is 11.6 Å². The van der Waals surface area contributed by atoms with E-state index >= 15 is 0 Å². The van der Waals surface area contributed by atoms with Crippen LogP contribution in [0.2, 0.25) is 5.02 Å². The molecule has 3 aromatic rings. The third kappa shape index (κ3) is 6.43. The molecule has 0 saturated carbocycles. The predicted octanol–water partition coefficient (Wildman–Crippen LogP) is 5.78. The van der Waals surface area contributed by atoms with Crippen molar-refractivity contribution in [1.29, 1.82) is 0 Å². The molecule has 6 nitrogen and oxygen atoms in total. The molecule has 0 atom stereocenters. The molecule has 2 N–H and O–H groups in total. The molecule has 164 valence electrons. The first kappa shape index (κ1) is 23.0. The van der Waals surface area contributed by atoms with Gasteiger partial charge in [-0.05, 0) is 55.8 Å². The number of aliphatic imine (C=N–C) groups is 1. The Morgan fingerprint density at radius 3 is 2.78 bits per heavy atom. The number of nitrogens with zero attached hydrogens (tertiary/aromatic N) is 2. The fourth-order valence-corrected chi connectivity index (χ4v) is 3.21. The van der Waals surface area contributed by atoms with Crippen LogP contribution in [0.5, 0.6) is 11.5 Å². The number of hydrogen-bond donors (Lipinski definition) is 2. The van der Waals surface area contributed by atoms with E-state index in [2.05, 4.69) is 20.6 Å². The first-order chi connectivity index (χ1) is 15.5. The number of aromatic nitrogens is 1. The number of pyridine rings is 1. The molecule has 7 heteroatoms. The minimum atomic E-state index is -0.177. The Labute approximate surface area is 193 Å². The second-order valence-electron chi connectivity index (χ2n) is 7.10. The molecule has 1 amide bonds. The predicted molar refractivity (Wildman–Crippen MR) is 130 cm³/mol. The highest BCUT2D eigenvalue weighted by Crippen LogP contribution is 2.28. The van der Waals surface area contributed by atoms with Crippen molar-refractivity contribution in [3.8, 4) is 11.5 Å². The summed E-state index contributed by atoms with van der Waals surface area (Å²) < 4.78 is 6.06. The standard InChI is InChI=1S/C25H25ClN4O2/c1-17(10-12-27-3)30-24-15-21(11-13-28-24)32-23-9-5-8-22(18(23)2)25(31)29-16-19-6-4-7-20(26)14-19/h4-15H,16H2,1-3H3,(H,28,30)(H,29,31)/b17-10+,27-12?. The van der Waals surface area contributed by atoms with E-state index in [-0.39, 0.29) is 5.91 Å². The Hall–Kier alpha value is -3.64. The highest BCUT2D eigenvalue weighted by molar-refractivity contribution is 6.30. The maximum Gasteiger partial charge on any atom is 0.251 e. The van der Waals surface area contributed by atoms with Crippen molar-refractivity contribution in [3.05, 3.63) is 94.3 Å². The number of amides is 1. The van der Waals surface area contributed by atoms with Gasteiger partial charge in [0, 0.05) is 53.9 Å². The Kier molecular flexibility index (Phi) is 8.00. The number of anilines is 1. The molecule has 1 aromatic heterocycles. The van der Waals surface area contributed by atoms with Crippen molar-refractivity contribution in [3.63, 3.8) is 0 Å². The summed E-state index contributed by atoms with van der Waals surface area (Å²) >= 11 is 6.01. The number of nitrogens with one attached hydrogen (secondary N) is 2. The topological polar surface area (TPSA) is 75.6 Å². The van der Waals surface area contributed by atoms with Gasteiger partial charge >= 0.3 is 0 Å². The second-order valence-corrected chi connectivity index (χ2v) is 7.54. The molecule has 2 aromatic carbocycles. The van der Waals surface area contributed by atoms with Crippen molar-refractivity contribution in [2.75, 3.05) is 12.4 Å². The summed E-state index contributed by atoms with van der Waals surface area (Å²) in [5, 5.41) is 6.76. The summed E-state index contributed by atoms with van der Waals surface area (Å²) in [5.74, 6) is 1.68. The fourth-order valence-electron chi connectivity index (χ4n) is 3.00. The number of benzene rings is 2. The maximum atomic E-state index is 12.8. The maximum absolute atomic E-state index is 12.8. The van der Waals surface area contributed by atoms with Crippen LogP contribution in [-0.2, 0) is 6.54 Å². The largest absolute Gasteiger partial charge is 0.457 e. The molecule has 0 aliphatic carbocycles. The van der Waals surface area contributed by atoms with Crippen LogP contribution in [0.1, 0.15) is 28.4 Å². The van der Waals surface area contributed by atoms with Crippen LogP contribution in [0, 0.1) is 6.92 Å². The lowest BCUT2D eigenvalue weighted by Gasteiger charge is -2.14. The first-order valence-electron chi connectivity index (χ1n) is 10.1. The molecule has 0 aliphatic rings. The SMILES string of the molecule is CN=C/C=C(\C)Nc1cc(Oc2cccc(C(=O)NCc3cccc(Cl)c3)c2C)ccn1. The number of rotatable bonds is 8. The summed E-state index contributed by atoms with van der Waals surface area (Å²) in [7, 11) is 1.71. The van der Waals surface area contributed by atoms with E-state index in [1.54, 1.807) is 49.8 Å². The lowest BCUT2D eigenvalue weighted by atomic mass is 10.1. The molecule has 0 saturated heterocycles. The van der Waals surface area contributed by atoms with Crippen molar-refractivity contribution < 1.29 is 9.53 Å². The minimum absolute atomic E-state index is 0.177. The summed E-state index contributed by atoms with van der Waals surface area (Å²) in [6.07, 6.45) is 5.22. The zero-order valence-corrected chi connectivity index (χ0v) is 19.0. The van der Waals surface area contributed by atoms with Gasteiger partial charge in [-0.25, -0.2) is 4.98 Å². The molecule has 0 unspecified atom stereocenters. The number of carbonyl (C=O) groups is 1. The number of ether oxygens (including phenoxy) is 1. The third-order valence-corrected chi connectivity index (χ3v) is 4.86. The molecular weight excluding hydrogens is 424 g/mol. The smallest absolute Gasteiger partial charge is 0.251 e. The minimum Gasteiger partial charge on any atom is -0.457 e. The van der Waals surface area contributed by atoms with Crippen LogP contribution in [0.4, 0.5) is 5.82 Å². The summed E-state index contributed by atoms with van der Waals surface area (Å²) in [6, 6.07) is 16.4. The zero-order chi connectivity index (χ0) is 22.9. The normalized spacial score (nSPS) is 11.4. The van der Waals surface area contributed by atoms with Gasteiger partial charge in [-0.2, -0.15) is 0 Å². The van der Waals surface area contributed by atoms with E-state index in [0.717, 1.165) is 16.8 Å². The zero-order valence-electron chi connectivity index (χ0n) is 18.2. The Bertz CT molecular complexity index is 1160. The van der Waals surface area contributed by atoms with Crippen LogP contribution in [-0.4, -0.2) is 24.2 Å². The molecular formula is C25H25ClN4O2. The van der Waals surface area contributed by atoms with Crippen molar-refractivity contribution in [1.82, 2.24) is 10.3 Å². The van der Waals surface area contributed by atoms with Gasteiger partial charge in [0.05, 0.1) is 0 Å². The highest BCUT2D eigenvalue weighted by atomic mass is 35.5. The van der Waals surface area contributed by atoms with E-state index < -0.39 is 0 Å². The molecule has 3 rings (SSSR count). The summed E-state index contributed by atoms with van der Waals surface area (Å²) in [4.78, 5) is 21.0. The lowest BCUT2D eigenvalue weighted by Crippen LogP contribution is -2.23. The Balaban J connectivity index is 1.71. The van der Waals surface area contributed by atoms with Crippen LogP contribution < -0.4 is 15.4 Å². The van der Waals surface area contributed by atoms with Gasteiger partial charge in [0.15, 0.2) is 0 Å². The number of halogens is 1. The van der Waals surface area contributed by atoms with Gasteiger partial charge in [-0.1, -0.05) is 29.8 Å². The summed E-state index contributed by atoms with van der Waals surface area (Å²) in [6.45, 7) is 4.17. The van der Waals surface area contributed by atoms with Crippen molar-refractivity contribution in [2.45, 2.75) is 20.4 Å². The molecule has 0 spiro atoms. The second kappa shape index (κ2) is 11.1. The number of allylic oxidation sites excluding steroid dienone is 2. The van der Waals surface area contributed by atoms with Crippen molar-refractivity contribution in [2.24, 2.45) is 4.99 Å². The van der Waals surface area contributed by atoms with E-state index in [4.69, 9.17) is 16.3 Å². The quantitative estimate of drug-likeness (QED) is 0.428. The molecule has 0 fully saturated rings. The van der Waals surface area contributed by atoms with Crippen LogP contribution in [0.3, 0.4) is 0 Å². The average molecular weight is 449 g/mol. The van der Waals surface area contributed by atoms with Crippen molar-refractivity contribution >= 4 is 29.5 Å². The van der Waals surface area contributed by atoms with Gasteiger partial charge in [-0.3, -0.25) is 9.79 Å². The van der Waals surface area contributed by atoms with Gasteiger partial charge in [0.1, 0.15) is 17.3 Å². The van der Waals surface area contributed by atoms with Gasteiger partial charge in [0.2, 0.25) is 0 Å². The summed E-state index contributed by atoms with van der Waals surface area (Å²) in [5.41, 5.74) is 3.13.